The van der Waals surface area contributed by atoms with E-state index in [1.54, 1.807) is 18.4 Å². The molecular weight excluding hydrogens is 336 g/mol. The summed E-state index contributed by atoms with van der Waals surface area (Å²) in [6.07, 6.45) is 0.515. The Kier molecular flexibility index (Phi) is 7.25. The van der Waals surface area contributed by atoms with E-state index in [9.17, 15) is 4.79 Å². The summed E-state index contributed by atoms with van der Waals surface area (Å²) in [7, 11) is 1.62. The van der Waals surface area contributed by atoms with Crippen molar-refractivity contribution in [3.8, 4) is 11.5 Å². The van der Waals surface area contributed by atoms with Crippen LogP contribution in [0.15, 0.2) is 29.6 Å². The largest absolute Gasteiger partial charge is 0.493 e. The van der Waals surface area contributed by atoms with Gasteiger partial charge in [0.2, 0.25) is 5.91 Å². The molecule has 0 bridgehead atoms. The lowest BCUT2D eigenvalue weighted by molar-refractivity contribution is -0.132. The fourth-order valence-corrected chi connectivity index (χ4v) is 3.18. The number of benzene rings is 1. The fraction of sp³-hybridized carbons (Fsp3) is 0.474. The van der Waals surface area contributed by atoms with Crippen LogP contribution in [0.5, 0.6) is 11.5 Å². The predicted octanol–water partition coefficient (Wildman–Crippen LogP) is 4.13. The third-order valence-electron chi connectivity index (χ3n) is 3.61. The molecule has 1 heterocycles. The summed E-state index contributed by atoms with van der Waals surface area (Å²) < 4.78 is 11.1. The van der Waals surface area contributed by atoms with Crippen molar-refractivity contribution in [1.82, 2.24) is 9.88 Å². The second kappa shape index (κ2) is 9.42. The van der Waals surface area contributed by atoms with E-state index in [0.29, 0.717) is 37.0 Å². The minimum Gasteiger partial charge on any atom is -0.493 e. The molecule has 1 aromatic carbocycles. The van der Waals surface area contributed by atoms with Crippen LogP contribution in [0.1, 0.15) is 37.9 Å². The molecule has 25 heavy (non-hydrogen) atoms. The van der Waals surface area contributed by atoms with Crippen LogP contribution in [0.2, 0.25) is 0 Å². The molecule has 1 aromatic heterocycles. The lowest BCUT2D eigenvalue weighted by Gasteiger charge is -2.23. The van der Waals surface area contributed by atoms with Gasteiger partial charge in [0.05, 0.1) is 19.3 Å². The van der Waals surface area contributed by atoms with Crippen molar-refractivity contribution in [3.05, 3.63) is 40.3 Å². The van der Waals surface area contributed by atoms with E-state index in [1.165, 1.54) is 0 Å². The second-order valence-electron chi connectivity index (χ2n) is 6.19. The zero-order chi connectivity index (χ0) is 18.2. The number of aromatic nitrogens is 1. The molecule has 1 amide bonds. The first-order valence-electron chi connectivity index (χ1n) is 8.50. The van der Waals surface area contributed by atoms with E-state index in [-0.39, 0.29) is 5.91 Å². The number of methoxy groups -OCH3 is 1. The zero-order valence-corrected chi connectivity index (χ0v) is 16.1. The summed E-state index contributed by atoms with van der Waals surface area (Å²) in [6.45, 7) is 7.81. The van der Waals surface area contributed by atoms with Crippen molar-refractivity contribution < 1.29 is 14.3 Å². The van der Waals surface area contributed by atoms with Crippen LogP contribution in [0, 0.1) is 5.92 Å². The number of hydrogen-bond acceptors (Lipinski definition) is 5. The minimum absolute atomic E-state index is 0.161. The molecule has 6 heteroatoms. The smallest absolute Gasteiger partial charge is 0.222 e. The van der Waals surface area contributed by atoms with Crippen LogP contribution in [0.4, 0.5) is 0 Å². The highest BCUT2D eigenvalue weighted by atomic mass is 32.1. The minimum atomic E-state index is 0.161. The molecule has 0 aliphatic heterocycles. The molecule has 0 aliphatic carbocycles. The van der Waals surface area contributed by atoms with Crippen LogP contribution in [0.3, 0.4) is 0 Å². The molecule has 5 nitrogen and oxygen atoms in total. The molecule has 0 radical (unpaired) electrons. The molecule has 0 atom stereocenters. The van der Waals surface area contributed by atoms with Crippen LogP contribution in [-0.2, 0) is 17.9 Å². The van der Waals surface area contributed by atoms with Crippen molar-refractivity contribution in [2.45, 2.75) is 40.3 Å². The summed E-state index contributed by atoms with van der Waals surface area (Å²) in [6, 6.07) is 7.55. The Balaban J connectivity index is 1.98. The van der Waals surface area contributed by atoms with Crippen molar-refractivity contribution in [2.75, 3.05) is 13.7 Å². The zero-order valence-electron chi connectivity index (χ0n) is 15.3. The Morgan fingerprint density at radius 1 is 1.28 bits per heavy atom. The summed E-state index contributed by atoms with van der Waals surface area (Å²) >= 11 is 1.55. The first-order chi connectivity index (χ1) is 12.0. The Hall–Kier alpha value is -2.08. The highest BCUT2D eigenvalue weighted by molar-refractivity contribution is 7.09. The summed E-state index contributed by atoms with van der Waals surface area (Å²) in [5, 5.41) is 2.88. The molecule has 0 N–H and O–H groups in total. The molecule has 2 aromatic rings. The van der Waals surface area contributed by atoms with Gasteiger partial charge in [-0.2, -0.15) is 0 Å². The summed E-state index contributed by atoms with van der Waals surface area (Å²) in [5.41, 5.74) is 0.908. The van der Waals surface area contributed by atoms with Gasteiger partial charge in [-0.3, -0.25) is 4.79 Å². The number of para-hydroxylation sites is 2. The molecule has 0 spiro atoms. The summed E-state index contributed by atoms with van der Waals surface area (Å²) in [4.78, 5) is 18.6. The van der Waals surface area contributed by atoms with E-state index in [0.717, 1.165) is 17.2 Å². The average Bonchev–Trinajstić information content (AvgIpc) is 3.06. The molecule has 0 aliphatic rings. The molecule has 136 valence electrons. The van der Waals surface area contributed by atoms with E-state index in [1.807, 2.05) is 41.5 Å². The van der Waals surface area contributed by atoms with Crippen molar-refractivity contribution in [1.29, 1.82) is 0 Å². The number of thiazole rings is 1. The van der Waals surface area contributed by atoms with E-state index in [4.69, 9.17) is 9.47 Å². The van der Waals surface area contributed by atoms with Crippen LogP contribution >= 0.6 is 11.3 Å². The monoisotopic (exact) mass is 362 g/mol. The van der Waals surface area contributed by atoms with Gasteiger partial charge >= 0.3 is 0 Å². The fourth-order valence-electron chi connectivity index (χ4n) is 2.48. The first-order valence-corrected chi connectivity index (χ1v) is 9.38. The number of amides is 1. The van der Waals surface area contributed by atoms with Crippen LogP contribution < -0.4 is 9.47 Å². The highest BCUT2D eigenvalue weighted by Gasteiger charge is 2.15. The van der Waals surface area contributed by atoms with E-state index < -0.39 is 0 Å². The maximum absolute atomic E-state index is 12.1. The van der Waals surface area contributed by atoms with Crippen LogP contribution in [0.25, 0.3) is 0 Å². The lowest BCUT2D eigenvalue weighted by Crippen LogP contribution is -2.33. The van der Waals surface area contributed by atoms with Crippen molar-refractivity contribution >= 4 is 17.2 Å². The summed E-state index contributed by atoms with van der Waals surface area (Å²) in [5.74, 6) is 2.00. The third kappa shape index (κ3) is 5.74. The van der Waals surface area contributed by atoms with Gasteiger partial charge in [-0.15, -0.1) is 11.3 Å². The number of carbonyl (C=O) groups excluding carboxylic acids is 1. The molecule has 0 saturated heterocycles. The Bertz CT molecular complexity index is 685. The van der Waals surface area contributed by atoms with Crippen molar-refractivity contribution in [3.63, 3.8) is 0 Å². The van der Waals surface area contributed by atoms with Gasteiger partial charge in [0, 0.05) is 18.3 Å². The molecule has 0 unspecified atom stereocenters. The maximum Gasteiger partial charge on any atom is 0.222 e. The van der Waals surface area contributed by atoms with E-state index >= 15 is 0 Å². The normalized spacial score (nSPS) is 10.8. The standard InChI is InChI=1S/C19H26N2O3S/c1-5-19(22)21(10-14(2)3)11-15-13-25-18(20-15)12-24-17-9-7-6-8-16(17)23-4/h6-9,13-14H,5,10-12H2,1-4H3. The average molecular weight is 362 g/mol. The number of nitrogens with zero attached hydrogens (tertiary/aromatic N) is 2. The van der Waals surface area contributed by atoms with Gasteiger partial charge in [-0.1, -0.05) is 32.9 Å². The first kappa shape index (κ1) is 19.2. The number of ether oxygens (including phenoxy) is 2. The molecule has 0 fully saturated rings. The predicted molar refractivity (Wildman–Crippen MR) is 100.0 cm³/mol. The topological polar surface area (TPSA) is 51.7 Å². The maximum atomic E-state index is 12.1. The van der Waals surface area contributed by atoms with Gasteiger partial charge in [0.15, 0.2) is 11.5 Å². The third-order valence-corrected chi connectivity index (χ3v) is 4.48. The Labute approximate surface area is 153 Å². The van der Waals surface area contributed by atoms with Gasteiger partial charge in [0.1, 0.15) is 11.6 Å². The quantitative estimate of drug-likeness (QED) is 0.673. The van der Waals surface area contributed by atoms with Gasteiger partial charge in [0.25, 0.3) is 0 Å². The Morgan fingerprint density at radius 2 is 2.00 bits per heavy atom. The van der Waals surface area contributed by atoms with E-state index in [2.05, 4.69) is 18.8 Å². The van der Waals surface area contributed by atoms with Gasteiger partial charge in [-0.05, 0) is 18.1 Å². The van der Waals surface area contributed by atoms with Crippen molar-refractivity contribution in [2.24, 2.45) is 5.92 Å². The second-order valence-corrected chi connectivity index (χ2v) is 7.14. The number of rotatable bonds is 9. The highest BCUT2D eigenvalue weighted by Crippen LogP contribution is 2.27. The number of carbonyl (C=O) groups is 1. The lowest BCUT2D eigenvalue weighted by atomic mass is 10.2. The van der Waals surface area contributed by atoms with Gasteiger partial charge < -0.3 is 14.4 Å². The molecule has 0 saturated carbocycles. The number of hydrogen-bond donors (Lipinski definition) is 0. The molecular formula is C19H26N2O3S. The van der Waals surface area contributed by atoms with Crippen LogP contribution in [-0.4, -0.2) is 29.4 Å². The SMILES string of the molecule is CCC(=O)N(Cc1csc(COc2ccccc2OC)n1)CC(C)C. The Morgan fingerprint density at radius 3 is 2.64 bits per heavy atom. The van der Waals surface area contributed by atoms with Gasteiger partial charge in [-0.25, -0.2) is 4.98 Å². The molecule has 2 rings (SSSR count).